The van der Waals surface area contributed by atoms with Gasteiger partial charge >= 0.3 is 18.9 Å². The summed E-state index contributed by atoms with van der Waals surface area (Å²) in [5.74, 6) is 0. The molecule has 1 aromatic carbocycles. The average molecular weight is 359 g/mol. The van der Waals surface area contributed by atoms with Crippen LogP contribution in [0.25, 0.3) is 0 Å². The van der Waals surface area contributed by atoms with Crippen LogP contribution in [0.1, 0.15) is 57.4 Å². The Hall–Kier alpha value is 0.307. The summed E-state index contributed by atoms with van der Waals surface area (Å²) in [6.45, 7) is 2.19. The van der Waals surface area contributed by atoms with Gasteiger partial charge in [-0.15, -0.1) is 0 Å². The zero-order valence-corrected chi connectivity index (χ0v) is 15.5. The van der Waals surface area contributed by atoms with Crippen molar-refractivity contribution in [1.82, 2.24) is 0 Å². The first-order valence-electron chi connectivity index (χ1n) is 7.30. The quantitative estimate of drug-likeness (QED) is 0.386. The van der Waals surface area contributed by atoms with Crippen LogP contribution in [0, 0.1) is 0 Å². The molecule has 0 bridgehead atoms. The number of halogens is 2. The third-order valence-corrected chi connectivity index (χ3v) is 5.07. The Labute approximate surface area is 155 Å². The van der Waals surface area contributed by atoms with Crippen LogP contribution in [-0.4, -0.2) is 13.0 Å². The molecule has 3 nitrogen and oxygen atoms in total. The van der Waals surface area contributed by atoms with Gasteiger partial charge in [0.2, 0.25) is 0 Å². The van der Waals surface area contributed by atoms with Crippen molar-refractivity contribution in [2.24, 2.45) is 0 Å². The largest absolute Gasteiger partial charge is 1.00 e. The number of benzene rings is 1. The van der Waals surface area contributed by atoms with E-state index in [4.69, 9.17) is 23.2 Å². The van der Waals surface area contributed by atoms with E-state index in [0.717, 1.165) is 30.9 Å². The number of hydrogen-bond acceptors (Lipinski definition) is 3. The molecule has 0 aromatic heterocycles. The molecule has 1 rings (SSSR count). The van der Waals surface area contributed by atoms with Crippen molar-refractivity contribution in [3.63, 3.8) is 0 Å². The SMILES string of the molecule is CCCCCCCCCc1cc(Cl)c(S(=O)(=O)[O-])cc1Cl.[Li+]. The van der Waals surface area contributed by atoms with Gasteiger partial charge in [-0.1, -0.05) is 68.7 Å². The van der Waals surface area contributed by atoms with Gasteiger partial charge in [0.05, 0.1) is 9.92 Å². The maximum atomic E-state index is 11.0. The van der Waals surface area contributed by atoms with E-state index in [1.807, 2.05) is 0 Å². The second-order valence-electron chi connectivity index (χ2n) is 5.20. The molecule has 0 aliphatic heterocycles. The molecule has 120 valence electrons. The predicted molar refractivity (Wildman–Crippen MR) is 86.1 cm³/mol. The molecule has 0 aliphatic rings. The van der Waals surface area contributed by atoms with E-state index < -0.39 is 15.0 Å². The Bertz CT molecular complexity index is 562. The van der Waals surface area contributed by atoms with Crippen molar-refractivity contribution in [3.05, 3.63) is 27.7 Å². The van der Waals surface area contributed by atoms with Crippen LogP contribution in [0.2, 0.25) is 10.0 Å². The van der Waals surface area contributed by atoms with Gasteiger partial charge in [0, 0.05) is 5.02 Å². The van der Waals surface area contributed by atoms with Crippen molar-refractivity contribution >= 4 is 33.3 Å². The van der Waals surface area contributed by atoms with Crippen molar-refractivity contribution in [1.29, 1.82) is 0 Å². The molecule has 0 aliphatic carbocycles. The normalized spacial score (nSPS) is 11.3. The number of aryl methyl sites for hydroxylation is 1. The topological polar surface area (TPSA) is 57.2 Å². The smallest absolute Gasteiger partial charge is 0.744 e. The Morgan fingerprint density at radius 1 is 0.955 bits per heavy atom. The summed E-state index contributed by atoms with van der Waals surface area (Å²) >= 11 is 11.9. The Kier molecular flexibility index (Phi) is 11.1. The van der Waals surface area contributed by atoms with E-state index in [1.54, 1.807) is 0 Å². The summed E-state index contributed by atoms with van der Waals surface area (Å²) in [7, 11) is -4.58. The predicted octanol–water partition coefficient (Wildman–Crippen LogP) is 2.19. The number of rotatable bonds is 9. The molecular weight excluding hydrogens is 338 g/mol. The van der Waals surface area contributed by atoms with E-state index >= 15 is 0 Å². The summed E-state index contributed by atoms with van der Waals surface area (Å²) < 4.78 is 33.0. The van der Waals surface area contributed by atoms with E-state index in [-0.39, 0.29) is 23.9 Å². The number of unbranched alkanes of at least 4 members (excludes halogenated alkanes) is 6. The van der Waals surface area contributed by atoms with Gasteiger partial charge in [0.1, 0.15) is 10.1 Å². The third-order valence-electron chi connectivity index (χ3n) is 3.42. The Balaban J connectivity index is 0.00000441. The molecule has 0 saturated carbocycles. The van der Waals surface area contributed by atoms with E-state index in [0.29, 0.717) is 5.02 Å². The molecule has 0 radical (unpaired) electrons. The summed E-state index contributed by atoms with van der Waals surface area (Å²) in [5.41, 5.74) is 0.794. The molecule has 0 amide bonds. The molecule has 0 fully saturated rings. The molecule has 0 unspecified atom stereocenters. The molecule has 0 atom stereocenters. The van der Waals surface area contributed by atoms with Crippen molar-refractivity contribution in [2.75, 3.05) is 0 Å². The fourth-order valence-corrected chi connectivity index (χ4v) is 3.58. The molecule has 0 spiro atoms. The maximum absolute atomic E-state index is 11.0. The van der Waals surface area contributed by atoms with Crippen LogP contribution in [0.15, 0.2) is 17.0 Å². The van der Waals surface area contributed by atoms with Crippen LogP contribution in [0.5, 0.6) is 0 Å². The number of hydrogen-bond donors (Lipinski definition) is 0. The second-order valence-corrected chi connectivity index (χ2v) is 7.36. The molecule has 0 N–H and O–H groups in total. The molecular formula is C15H21Cl2LiO3S. The van der Waals surface area contributed by atoms with Crippen LogP contribution < -0.4 is 18.9 Å². The summed E-state index contributed by atoms with van der Waals surface area (Å²) in [5, 5.41) is 0.243. The van der Waals surface area contributed by atoms with E-state index in [2.05, 4.69) is 6.92 Å². The Morgan fingerprint density at radius 3 is 2.05 bits per heavy atom. The van der Waals surface area contributed by atoms with Gasteiger partial charge < -0.3 is 4.55 Å². The minimum Gasteiger partial charge on any atom is -0.744 e. The zero-order valence-electron chi connectivity index (χ0n) is 13.2. The van der Waals surface area contributed by atoms with Crippen LogP contribution in [0.4, 0.5) is 0 Å². The first kappa shape index (κ1) is 22.3. The average Bonchev–Trinajstić information content (AvgIpc) is 2.39. The maximum Gasteiger partial charge on any atom is 1.00 e. The van der Waals surface area contributed by atoms with Gasteiger partial charge in [0.15, 0.2) is 0 Å². The molecule has 22 heavy (non-hydrogen) atoms. The van der Waals surface area contributed by atoms with Crippen LogP contribution in [0.3, 0.4) is 0 Å². The van der Waals surface area contributed by atoms with Crippen molar-refractivity contribution in [2.45, 2.75) is 63.2 Å². The van der Waals surface area contributed by atoms with Gasteiger partial charge in [-0.3, -0.25) is 0 Å². The van der Waals surface area contributed by atoms with Crippen molar-refractivity contribution < 1.29 is 31.8 Å². The summed E-state index contributed by atoms with van der Waals surface area (Å²) in [6, 6.07) is 2.65. The first-order valence-corrected chi connectivity index (χ1v) is 9.46. The zero-order chi connectivity index (χ0) is 15.9. The fraction of sp³-hybridized carbons (Fsp3) is 0.600. The minimum atomic E-state index is -4.58. The Morgan fingerprint density at radius 2 is 1.50 bits per heavy atom. The third kappa shape index (κ3) is 7.72. The van der Waals surface area contributed by atoms with Gasteiger partial charge in [-0.05, 0) is 30.5 Å². The van der Waals surface area contributed by atoms with Gasteiger partial charge in [-0.2, -0.15) is 0 Å². The molecule has 7 heteroatoms. The van der Waals surface area contributed by atoms with Gasteiger partial charge in [0.25, 0.3) is 0 Å². The monoisotopic (exact) mass is 358 g/mol. The van der Waals surface area contributed by atoms with Gasteiger partial charge in [-0.25, -0.2) is 8.42 Å². The summed E-state index contributed by atoms with van der Waals surface area (Å²) in [6.07, 6.45) is 9.07. The minimum absolute atomic E-state index is 0. The molecule has 1 aromatic rings. The van der Waals surface area contributed by atoms with Crippen LogP contribution >= 0.6 is 23.2 Å². The molecule has 0 saturated heterocycles. The van der Waals surface area contributed by atoms with E-state index in [9.17, 15) is 13.0 Å². The van der Waals surface area contributed by atoms with E-state index in [1.165, 1.54) is 38.2 Å². The standard InChI is InChI=1S/C15H22Cl2O3S.Li/c1-2-3-4-5-6-7-8-9-12-10-14(17)15(11-13(12)16)21(18,19)20;/h10-11H,2-9H2,1H3,(H,18,19,20);/q;+1/p-1. The first-order chi connectivity index (χ1) is 9.86. The van der Waals surface area contributed by atoms with Crippen LogP contribution in [-0.2, 0) is 16.5 Å². The molecule has 0 heterocycles. The summed E-state index contributed by atoms with van der Waals surface area (Å²) in [4.78, 5) is -0.447. The van der Waals surface area contributed by atoms with Crippen molar-refractivity contribution in [3.8, 4) is 0 Å². The second kappa shape index (κ2) is 11.0. The fourth-order valence-electron chi connectivity index (χ4n) is 2.23.